The molecule has 0 saturated heterocycles. The van der Waals surface area contributed by atoms with Crippen molar-refractivity contribution in [2.24, 2.45) is 0 Å². The van der Waals surface area contributed by atoms with Crippen LogP contribution in [-0.2, 0) is 6.54 Å². The number of hydrogen-bond donors (Lipinski definition) is 1. The molecular formula is C13H13N7S. The molecule has 4 rings (SSSR count). The Labute approximate surface area is 124 Å². The zero-order valence-electron chi connectivity index (χ0n) is 11.4. The lowest BCUT2D eigenvalue weighted by molar-refractivity contribution is 0.617. The highest BCUT2D eigenvalue weighted by molar-refractivity contribution is 7.13. The molecule has 0 aliphatic heterocycles. The summed E-state index contributed by atoms with van der Waals surface area (Å²) in [6.45, 7) is 2.90. The van der Waals surface area contributed by atoms with Crippen LogP contribution >= 0.6 is 11.3 Å². The molecule has 0 saturated carbocycles. The highest BCUT2D eigenvalue weighted by atomic mass is 32.1. The maximum Gasteiger partial charge on any atom is 0.225 e. The number of fused-ring (bicyclic) bond motifs is 3. The number of anilines is 1. The van der Waals surface area contributed by atoms with Gasteiger partial charge < -0.3 is 5.73 Å². The van der Waals surface area contributed by atoms with E-state index in [1.807, 2.05) is 22.2 Å². The van der Waals surface area contributed by atoms with E-state index in [9.17, 15) is 0 Å². The molecule has 0 aliphatic rings. The minimum Gasteiger partial charge on any atom is -0.368 e. The van der Waals surface area contributed by atoms with Crippen LogP contribution in [0.3, 0.4) is 0 Å². The quantitative estimate of drug-likeness (QED) is 0.626. The largest absolute Gasteiger partial charge is 0.368 e. The number of nitrogens with two attached hydrogens (primary N) is 1. The van der Waals surface area contributed by atoms with Crippen LogP contribution in [0.25, 0.3) is 27.4 Å². The van der Waals surface area contributed by atoms with E-state index in [-0.39, 0.29) is 0 Å². The first kappa shape index (κ1) is 12.3. The third kappa shape index (κ3) is 1.79. The monoisotopic (exact) mass is 299 g/mol. The van der Waals surface area contributed by atoms with Gasteiger partial charge in [0, 0.05) is 6.54 Å². The van der Waals surface area contributed by atoms with Crippen LogP contribution in [0.5, 0.6) is 0 Å². The normalized spacial score (nSPS) is 11.7. The van der Waals surface area contributed by atoms with Crippen molar-refractivity contribution in [3.8, 4) is 10.7 Å². The van der Waals surface area contributed by atoms with Crippen molar-refractivity contribution in [2.75, 3.05) is 5.73 Å². The standard InChI is InChI=1S/C13H13N7S/c1-2-5-19-11-8(7-15-19)12-16-10(9-4-3-6-21-9)18-20(12)13(14)17-11/h3-4,6-7H,2,5H2,1H3,(H2,14,17). The van der Waals surface area contributed by atoms with E-state index in [1.165, 1.54) is 0 Å². The highest BCUT2D eigenvalue weighted by Gasteiger charge is 2.16. The van der Waals surface area contributed by atoms with Crippen molar-refractivity contribution >= 4 is 34.0 Å². The van der Waals surface area contributed by atoms with E-state index >= 15 is 0 Å². The van der Waals surface area contributed by atoms with E-state index in [1.54, 1.807) is 22.0 Å². The summed E-state index contributed by atoms with van der Waals surface area (Å²) < 4.78 is 3.43. The first-order valence-corrected chi connectivity index (χ1v) is 7.57. The maximum absolute atomic E-state index is 6.02. The minimum absolute atomic E-state index is 0.325. The van der Waals surface area contributed by atoms with E-state index in [0.717, 1.165) is 28.9 Å². The van der Waals surface area contributed by atoms with Gasteiger partial charge in [-0.05, 0) is 17.9 Å². The van der Waals surface area contributed by atoms with Crippen LogP contribution < -0.4 is 5.73 Å². The van der Waals surface area contributed by atoms with Gasteiger partial charge in [0.2, 0.25) is 5.95 Å². The van der Waals surface area contributed by atoms with Gasteiger partial charge in [-0.15, -0.1) is 16.4 Å². The Kier molecular flexibility index (Phi) is 2.64. The van der Waals surface area contributed by atoms with Crippen LogP contribution in [-0.4, -0.2) is 29.4 Å². The molecule has 7 nitrogen and oxygen atoms in total. The second kappa shape index (κ2) is 4.52. The van der Waals surface area contributed by atoms with Crippen LogP contribution in [0, 0.1) is 0 Å². The van der Waals surface area contributed by atoms with Gasteiger partial charge in [0.1, 0.15) is 0 Å². The van der Waals surface area contributed by atoms with Gasteiger partial charge in [-0.2, -0.15) is 14.6 Å². The lowest BCUT2D eigenvalue weighted by Gasteiger charge is -2.01. The predicted octanol–water partition coefficient (Wildman–Crippen LogP) is 2.19. The molecule has 4 heterocycles. The van der Waals surface area contributed by atoms with Gasteiger partial charge in [0.25, 0.3) is 0 Å². The van der Waals surface area contributed by atoms with Crippen molar-refractivity contribution in [1.82, 2.24) is 29.4 Å². The number of aryl methyl sites for hydroxylation is 1. The number of thiophene rings is 1. The number of rotatable bonds is 3. The summed E-state index contributed by atoms with van der Waals surface area (Å²) in [5.41, 5.74) is 7.48. The fraction of sp³-hybridized carbons (Fsp3) is 0.231. The molecule has 106 valence electrons. The topological polar surface area (TPSA) is 86.9 Å². The van der Waals surface area contributed by atoms with Crippen molar-refractivity contribution in [3.05, 3.63) is 23.7 Å². The summed E-state index contributed by atoms with van der Waals surface area (Å²) in [6.07, 6.45) is 2.76. The molecule has 0 aliphatic carbocycles. The van der Waals surface area contributed by atoms with Gasteiger partial charge in [0.15, 0.2) is 17.1 Å². The first-order chi connectivity index (χ1) is 10.3. The second-order valence-corrected chi connectivity index (χ2v) is 5.67. The first-order valence-electron chi connectivity index (χ1n) is 6.69. The zero-order chi connectivity index (χ0) is 14.4. The van der Waals surface area contributed by atoms with Crippen LogP contribution in [0.1, 0.15) is 13.3 Å². The van der Waals surface area contributed by atoms with E-state index in [0.29, 0.717) is 17.4 Å². The zero-order valence-corrected chi connectivity index (χ0v) is 12.2. The number of nitrogens with zero attached hydrogens (tertiary/aromatic N) is 6. The highest BCUT2D eigenvalue weighted by Crippen LogP contribution is 2.25. The molecule has 0 unspecified atom stereocenters. The smallest absolute Gasteiger partial charge is 0.225 e. The van der Waals surface area contributed by atoms with E-state index in [4.69, 9.17) is 5.73 Å². The molecule has 0 radical (unpaired) electrons. The van der Waals surface area contributed by atoms with Gasteiger partial charge in [-0.1, -0.05) is 13.0 Å². The van der Waals surface area contributed by atoms with Gasteiger partial charge in [0.05, 0.1) is 16.5 Å². The second-order valence-electron chi connectivity index (χ2n) is 4.72. The van der Waals surface area contributed by atoms with E-state index < -0.39 is 0 Å². The molecular weight excluding hydrogens is 286 g/mol. The molecule has 21 heavy (non-hydrogen) atoms. The van der Waals surface area contributed by atoms with Crippen molar-refractivity contribution < 1.29 is 0 Å². The van der Waals surface area contributed by atoms with Gasteiger partial charge in [-0.25, -0.2) is 9.67 Å². The summed E-state index contributed by atoms with van der Waals surface area (Å²) in [5.74, 6) is 0.986. The summed E-state index contributed by atoms with van der Waals surface area (Å²) in [4.78, 5) is 10.0. The number of nitrogen functional groups attached to an aromatic ring is 1. The average molecular weight is 299 g/mol. The Morgan fingerprint density at radius 3 is 2.95 bits per heavy atom. The minimum atomic E-state index is 0.325. The SMILES string of the molecule is CCCn1ncc2c1nc(N)n1nc(-c3cccs3)nc21. The molecule has 8 heteroatoms. The average Bonchev–Trinajstić information content (AvgIpc) is 3.16. The molecule has 0 fully saturated rings. The fourth-order valence-electron chi connectivity index (χ4n) is 2.34. The van der Waals surface area contributed by atoms with Crippen molar-refractivity contribution in [2.45, 2.75) is 19.9 Å². The maximum atomic E-state index is 6.02. The summed E-state index contributed by atoms with van der Waals surface area (Å²) in [7, 11) is 0. The molecule has 0 amide bonds. The number of hydrogen-bond acceptors (Lipinski definition) is 6. The summed E-state index contributed by atoms with van der Waals surface area (Å²) in [5, 5.41) is 11.7. The number of aromatic nitrogens is 6. The Bertz CT molecular complexity index is 919. The molecule has 0 aromatic carbocycles. The van der Waals surface area contributed by atoms with Gasteiger partial charge >= 0.3 is 0 Å². The molecule has 4 aromatic heterocycles. The van der Waals surface area contributed by atoms with Crippen LogP contribution in [0.2, 0.25) is 0 Å². The molecule has 0 bridgehead atoms. The Hall–Kier alpha value is -2.48. The molecule has 0 spiro atoms. The Balaban J connectivity index is 2.01. The van der Waals surface area contributed by atoms with Crippen LogP contribution in [0.4, 0.5) is 5.95 Å². The Morgan fingerprint density at radius 2 is 2.19 bits per heavy atom. The fourth-order valence-corrected chi connectivity index (χ4v) is 2.99. The third-order valence-electron chi connectivity index (χ3n) is 3.27. The van der Waals surface area contributed by atoms with Crippen molar-refractivity contribution in [3.63, 3.8) is 0 Å². The lowest BCUT2D eigenvalue weighted by atomic mass is 10.4. The molecule has 2 N–H and O–H groups in total. The van der Waals surface area contributed by atoms with E-state index in [2.05, 4.69) is 27.1 Å². The predicted molar refractivity (Wildman–Crippen MR) is 82.1 cm³/mol. The summed E-state index contributed by atoms with van der Waals surface area (Å²) in [6, 6.07) is 3.96. The lowest BCUT2D eigenvalue weighted by Crippen LogP contribution is -2.05. The molecule has 0 atom stereocenters. The Morgan fingerprint density at radius 1 is 1.29 bits per heavy atom. The van der Waals surface area contributed by atoms with Gasteiger partial charge in [-0.3, -0.25) is 0 Å². The summed E-state index contributed by atoms with van der Waals surface area (Å²) >= 11 is 1.60. The van der Waals surface area contributed by atoms with Crippen LogP contribution in [0.15, 0.2) is 23.7 Å². The van der Waals surface area contributed by atoms with Crippen molar-refractivity contribution in [1.29, 1.82) is 0 Å². The third-order valence-corrected chi connectivity index (χ3v) is 4.14. The molecule has 4 aromatic rings.